The molecule has 1 aliphatic heterocycles. The van der Waals surface area contributed by atoms with Gasteiger partial charge in [0.2, 0.25) is 0 Å². The van der Waals surface area contributed by atoms with Crippen molar-refractivity contribution in [1.82, 2.24) is 0 Å². The van der Waals surface area contributed by atoms with Crippen LogP contribution in [0.1, 0.15) is 16.8 Å². The first-order valence-electron chi connectivity index (χ1n) is 7.40. The third-order valence-electron chi connectivity index (χ3n) is 3.95. The fourth-order valence-electron chi connectivity index (χ4n) is 2.92. The van der Waals surface area contributed by atoms with E-state index in [1.807, 2.05) is 35.2 Å². The van der Waals surface area contributed by atoms with Gasteiger partial charge in [-0.3, -0.25) is 4.79 Å². The fraction of sp³-hybridized carbons (Fsp3) is 0.235. The molecule has 0 aromatic heterocycles. The first kappa shape index (κ1) is 15.8. The summed E-state index contributed by atoms with van der Waals surface area (Å²) in [5, 5.41) is 3.46. The third kappa shape index (κ3) is 3.47. The lowest BCUT2D eigenvalue weighted by atomic mass is 10.1. The van der Waals surface area contributed by atoms with Crippen molar-refractivity contribution in [2.45, 2.75) is 12.5 Å². The second-order valence-corrected chi connectivity index (χ2v) is 6.50. The SMILES string of the molecule is NC(=O)c1c(F)cc(Br)cc1N1CCC(Nc2ccccc2)C1. The van der Waals surface area contributed by atoms with Crippen LogP contribution in [0.3, 0.4) is 0 Å². The number of rotatable bonds is 4. The van der Waals surface area contributed by atoms with Crippen LogP contribution in [0, 0.1) is 5.82 Å². The molecule has 1 aliphatic rings. The van der Waals surface area contributed by atoms with Gasteiger partial charge in [-0.2, -0.15) is 0 Å². The zero-order chi connectivity index (χ0) is 16.4. The second-order valence-electron chi connectivity index (χ2n) is 5.59. The first-order chi connectivity index (χ1) is 11.0. The van der Waals surface area contributed by atoms with Gasteiger partial charge in [-0.25, -0.2) is 4.39 Å². The molecule has 0 spiro atoms. The molecule has 2 aromatic carbocycles. The van der Waals surface area contributed by atoms with Gasteiger partial charge in [0.25, 0.3) is 5.91 Å². The van der Waals surface area contributed by atoms with Gasteiger partial charge in [0.1, 0.15) is 5.82 Å². The summed E-state index contributed by atoms with van der Waals surface area (Å²) in [6.45, 7) is 1.42. The molecule has 0 radical (unpaired) electrons. The Morgan fingerprint density at radius 2 is 2.04 bits per heavy atom. The molecule has 1 unspecified atom stereocenters. The number of anilines is 2. The lowest BCUT2D eigenvalue weighted by Gasteiger charge is -2.22. The van der Waals surface area contributed by atoms with Gasteiger partial charge in [0.05, 0.1) is 11.3 Å². The third-order valence-corrected chi connectivity index (χ3v) is 4.41. The topological polar surface area (TPSA) is 58.4 Å². The van der Waals surface area contributed by atoms with Crippen molar-refractivity contribution in [3.05, 3.63) is 58.3 Å². The summed E-state index contributed by atoms with van der Waals surface area (Å²) in [5.74, 6) is -1.34. The average molecular weight is 378 g/mol. The molecule has 0 aliphatic carbocycles. The number of nitrogens with two attached hydrogens (primary N) is 1. The Labute approximate surface area is 142 Å². The fourth-order valence-corrected chi connectivity index (χ4v) is 3.34. The highest BCUT2D eigenvalue weighted by Gasteiger charge is 2.27. The van der Waals surface area contributed by atoms with Gasteiger partial charge in [-0.05, 0) is 30.7 Å². The second kappa shape index (κ2) is 6.58. The number of nitrogens with zero attached hydrogens (tertiary/aromatic N) is 1. The molecule has 2 aromatic rings. The van der Waals surface area contributed by atoms with Gasteiger partial charge in [-0.15, -0.1) is 0 Å². The van der Waals surface area contributed by atoms with Crippen molar-refractivity contribution < 1.29 is 9.18 Å². The van der Waals surface area contributed by atoms with Crippen LogP contribution in [-0.2, 0) is 0 Å². The molecule has 4 nitrogen and oxygen atoms in total. The van der Waals surface area contributed by atoms with E-state index in [1.165, 1.54) is 6.07 Å². The van der Waals surface area contributed by atoms with Gasteiger partial charge >= 0.3 is 0 Å². The minimum absolute atomic E-state index is 0.0476. The molecule has 120 valence electrons. The number of amides is 1. The minimum atomic E-state index is -0.746. The number of carbonyl (C=O) groups is 1. The predicted molar refractivity (Wildman–Crippen MR) is 93.3 cm³/mol. The van der Waals surface area contributed by atoms with Crippen LogP contribution >= 0.6 is 15.9 Å². The summed E-state index contributed by atoms with van der Waals surface area (Å²) in [5.41, 5.74) is 6.90. The number of halogens is 2. The predicted octanol–water partition coefficient (Wildman–Crippen LogP) is 3.38. The van der Waals surface area contributed by atoms with E-state index in [-0.39, 0.29) is 11.6 Å². The maximum atomic E-state index is 14.1. The summed E-state index contributed by atoms with van der Waals surface area (Å²) in [7, 11) is 0. The van der Waals surface area contributed by atoms with Crippen molar-refractivity contribution in [2.75, 3.05) is 23.3 Å². The van der Waals surface area contributed by atoms with Crippen LogP contribution in [0.4, 0.5) is 15.8 Å². The van der Waals surface area contributed by atoms with Crippen LogP contribution in [0.15, 0.2) is 46.9 Å². The highest BCUT2D eigenvalue weighted by Crippen LogP contribution is 2.31. The number of benzene rings is 2. The largest absolute Gasteiger partial charge is 0.380 e. The summed E-state index contributed by atoms with van der Waals surface area (Å²) in [6, 6.07) is 13.2. The Kier molecular flexibility index (Phi) is 4.52. The minimum Gasteiger partial charge on any atom is -0.380 e. The Morgan fingerprint density at radius 3 is 2.74 bits per heavy atom. The molecule has 1 saturated heterocycles. The van der Waals surface area contributed by atoms with E-state index in [4.69, 9.17) is 5.73 Å². The van der Waals surface area contributed by atoms with Crippen LogP contribution in [-0.4, -0.2) is 25.0 Å². The maximum Gasteiger partial charge on any atom is 0.253 e. The lowest BCUT2D eigenvalue weighted by molar-refractivity contribution is 0.0997. The molecule has 1 heterocycles. The molecular formula is C17H17BrFN3O. The molecular weight excluding hydrogens is 361 g/mol. The van der Waals surface area contributed by atoms with Crippen molar-refractivity contribution in [1.29, 1.82) is 0 Å². The summed E-state index contributed by atoms with van der Waals surface area (Å²) >= 11 is 3.28. The van der Waals surface area contributed by atoms with E-state index >= 15 is 0 Å². The van der Waals surface area contributed by atoms with Crippen molar-refractivity contribution in [3.8, 4) is 0 Å². The van der Waals surface area contributed by atoms with Crippen molar-refractivity contribution in [2.24, 2.45) is 5.73 Å². The number of carbonyl (C=O) groups excluding carboxylic acids is 1. The Bertz CT molecular complexity index is 723. The zero-order valence-electron chi connectivity index (χ0n) is 12.4. The molecule has 1 fully saturated rings. The van der Waals surface area contributed by atoms with Gasteiger partial charge < -0.3 is 16.0 Å². The van der Waals surface area contributed by atoms with Crippen LogP contribution in [0.2, 0.25) is 0 Å². The quantitative estimate of drug-likeness (QED) is 0.858. The van der Waals surface area contributed by atoms with Crippen molar-refractivity contribution >= 4 is 33.2 Å². The van der Waals surface area contributed by atoms with Gasteiger partial charge in [-0.1, -0.05) is 34.1 Å². The molecule has 1 atom stereocenters. The van der Waals surface area contributed by atoms with Crippen LogP contribution in [0.5, 0.6) is 0 Å². The molecule has 0 bridgehead atoms. The molecule has 6 heteroatoms. The van der Waals surface area contributed by atoms with Crippen LogP contribution in [0.25, 0.3) is 0 Å². The van der Waals surface area contributed by atoms with E-state index in [0.717, 1.165) is 18.7 Å². The molecule has 3 N–H and O–H groups in total. The van der Waals surface area contributed by atoms with E-state index in [2.05, 4.69) is 21.2 Å². The zero-order valence-corrected chi connectivity index (χ0v) is 14.0. The molecule has 0 saturated carbocycles. The summed E-state index contributed by atoms with van der Waals surface area (Å²) < 4.78 is 14.7. The van der Waals surface area contributed by atoms with E-state index < -0.39 is 11.7 Å². The molecule has 1 amide bonds. The van der Waals surface area contributed by atoms with Crippen LogP contribution < -0.4 is 16.0 Å². The number of hydrogen-bond acceptors (Lipinski definition) is 3. The lowest BCUT2D eigenvalue weighted by Crippen LogP contribution is -2.28. The number of hydrogen-bond donors (Lipinski definition) is 2. The Balaban J connectivity index is 1.80. The maximum absolute atomic E-state index is 14.1. The number of nitrogens with one attached hydrogen (secondary N) is 1. The smallest absolute Gasteiger partial charge is 0.253 e. The standard InChI is InChI=1S/C17H17BrFN3O/c18-11-8-14(19)16(17(20)23)15(9-11)22-7-6-13(10-22)21-12-4-2-1-3-5-12/h1-5,8-9,13,21H,6-7,10H2,(H2,20,23). The monoisotopic (exact) mass is 377 g/mol. The number of para-hydroxylation sites is 1. The molecule has 3 rings (SSSR count). The van der Waals surface area contributed by atoms with Gasteiger partial charge in [0, 0.05) is 29.3 Å². The highest BCUT2D eigenvalue weighted by molar-refractivity contribution is 9.10. The average Bonchev–Trinajstić information content (AvgIpc) is 2.95. The normalized spacial score (nSPS) is 17.3. The van der Waals surface area contributed by atoms with Gasteiger partial charge in [0.15, 0.2) is 0 Å². The van der Waals surface area contributed by atoms with E-state index in [0.29, 0.717) is 16.7 Å². The Hall–Kier alpha value is -2.08. The number of primary amides is 1. The summed E-state index contributed by atoms with van der Waals surface area (Å²) in [6.07, 6.45) is 0.904. The highest BCUT2D eigenvalue weighted by atomic mass is 79.9. The summed E-state index contributed by atoms with van der Waals surface area (Å²) in [4.78, 5) is 13.6. The molecule has 23 heavy (non-hydrogen) atoms. The van der Waals surface area contributed by atoms with E-state index in [9.17, 15) is 9.18 Å². The Morgan fingerprint density at radius 1 is 1.30 bits per heavy atom. The van der Waals surface area contributed by atoms with Crippen molar-refractivity contribution in [3.63, 3.8) is 0 Å². The van der Waals surface area contributed by atoms with E-state index in [1.54, 1.807) is 6.07 Å². The first-order valence-corrected chi connectivity index (χ1v) is 8.19.